The third-order valence-corrected chi connectivity index (χ3v) is 5.72. The minimum Gasteiger partial charge on any atom is -0.355 e. The molecule has 2 aromatic carbocycles. The van der Waals surface area contributed by atoms with Crippen molar-refractivity contribution in [2.24, 2.45) is 0 Å². The summed E-state index contributed by atoms with van der Waals surface area (Å²) < 4.78 is 0. The number of benzene rings is 2. The maximum atomic E-state index is 12.4. The quantitative estimate of drug-likeness (QED) is 0.676. The molecule has 0 bridgehead atoms. The minimum absolute atomic E-state index is 0.0647. The fraction of sp³-hybridized carbons (Fsp3) is 0.417. The Kier molecular flexibility index (Phi) is 7.24. The zero-order valence-corrected chi connectivity index (χ0v) is 16.5. The van der Waals surface area contributed by atoms with E-state index in [9.17, 15) is 9.59 Å². The van der Waals surface area contributed by atoms with Gasteiger partial charge in [-0.05, 0) is 37.0 Å². The van der Waals surface area contributed by atoms with Crippen molar-refractivity contribution >= 4 is 11.8 Å². The number of rotatable bonds is 8. The molecule has 0 unspecified atom stereocenters. The molecule has 148 valence electrons. The molecule has 2 aromatic rings. The van der Waals surface area contributed by atoms with Crippen LogP contribution in [-0.4, -0.2) is 24.9 Å². The van der Waals surface area contributed by atoms with E-state index in [-0.39, 0.29) is 17.2 Å². The molecule has 28 heavy (non-hydrogen) atoms. The number of nitrogens with one attached hydrogen (secondary N) is 2. The Morgan fingerprint density at radius 3 is 2.14 bits per heavy atom. The van der Waals surface area contributed by atoms with Gasteiger partial charge in [-0.3, -0.25) is 9.59 Å². The highest BCUT2D eigenvalue weighted by atomic mass is 16.2. The van der Waals surface area contributed by atoms with E-state index >= 15 is 0 Å². The normalized spacial score (nSPS) is 15.6. The smallest absolute Gasteiger partial charge is 0.251 e. The van der Waals surface area contributed by atoms with Crippen LogP contribution in [0.25, 0.3) is 0 Å². The fourth-order valence-electron chi connectivity index (χ4n) is 4.09. The molecule has 1 saturated carbocycles. The number of amides is 2. The van der Waals surface area contributed by atoms with Crippen molar-refractivity contribution in [3.05, 3.63) is 71.8 Å². The first-order chi connectivity index (χ1) is 13.7. The van der Waals surface area contributed by atoms with Crippen molar-refractivity contribution in [3.63, 3.8) is 0 Å². The molecular weight excluding hydrogens is 348 g/mol. The highest BCUT2D eigenvalue weighted by Gasteiger charge is 2.33. The van der Waals surface area contributed by atoms with Crippen molar-refractivity contribution in [2.75, 3.05) is 13.1 Å². The molecule has 2 amide bonds. The first-order valence-electron chi connectivity index (χ1n) is 10.4. The third-order valence-electron chi connectivity index (χ3n) is 5.72. The molecule has 0 aromatic heterocycles. The first-order valence-corrected chi connectivity index (χ1v) is 10.4. The summed E-state index contributed by atoms with van der Waals surface area (Å²) in [6, 6.07) is 19.7. The van der Waals surface area contributed by atoms with Gasteiger partial charge in [-0.25, -0.2) is 0 Å². The van der Waals surface area contributed by atoms with Crippen LogP contribution in [0.4, 0.5) is 0 Å². The van der Waals surface area contributed by atoms with Crippen molar-refractivity contribution in [1.29, 1.82) is 0 Å². The Hall–Kier alpha value is -2.62. The Bertz CT molecular complexity index is 753. The Morgan fingerprint density at radius 1 is 0.821 bits per heavy atom. The Labute approximate surface area is 167 Å². The van der Waals surface area contributed by atoms with Gasteiger partial charge in [-0.1, -0.05) is 67.8 Å². The van der Waals surface area contributed by atoms with E-state index in [4.69, 9.17) is 0 Å². The highest BCUT2D eigenvalue weighted by Crippen LogP contribution is 2.38. The molecule has 0 spiro atoms. The molecule has 1 aliphatic carbocycles. The van der Waals surface area contributed by atoms with E-state index < -0.39 is 0 Å². The van der Waals surface area contributed by atoms with Gasteiger partial charge in [-0.2, -0.15) is 0 Å². The lowest BCUT2D eigenvalue weighted by Crippen LogP contribution is -2.42. The van der Waals surface area contributed by atoms with E-state index in [2.05, 4.69) is 34.9 Å². The van der Waals surface area contributed by atoms with Crippen LogP contribution in [0.1, 0.15) is 60.9 Å². The van der Waals surface area contributed by atoms with Gasteiger partial charge in [0, 0.05) is 30.5 Å². The van der Waals surface area contributed by atoms with E-state index in [1.807, 2.05) is 24.3 Å². The van der Waals surface area contributed by atoms with E-state index in [0.717, 1.165) is 12.8 Å². The van der Waals surface area contributed by atoms with Crippen LogP contribution >= 0.6 is 0 Å². The monoisotopic (exact) mass is 378 g/mol. The lowest BCUT2D eigenvalue weighted by molar-refractivity contribution is -0.121. The SMILES string of the molecule is O=C(CCCNC(=O)c1ccccc1)NCC1(c2ccccc2)CCCCC1. The second-order valence-corrected chi connectivity index (χ2v) is 7.71. The lowest BCUT2D eigenvalue weighted by atomic mass is 9.69. The molecule has 2 N–H and O–H groups in total. The average Bonchev–Trinajstić information content (AvgIpc) is 2.77. The molecule has 0 saturated heterocycles. The van der Waals surface area contributed by atoms with Crippen LogP contribution in [-0.2, 0) is 10.2 Å². The predicted octanol–water partition coefficient (Wildman–Crippen LogP) is 4.21. The van der Waals surface area contributed by atoms with Crippen LogP contribution < -0.4 is 10.6 Å². The highest BCUT2D eigenvalue weighted by molar-refractivity contribution is 5.94. The summed E-state index contributed by atoms with van der Waals surface area (Å²) in [5.74, 6) is -0.0268. The third kappa shape index (κ3) is 5.44. The van der Waals surface area contributed by atoms with Gasteiger partial charge in [0.05, 0.1) is 0 Å². The summed E-state index contributed by atoms with van der Waals surface area (Å²) in [5.41, 5.74) is 2.05. The summed E-state index contributed by atoms with van der Waals surface area (Å²) in [6.07, 6.45) is 7.05. The molecule has 1 aliphatic rings. The number of hydrogen-bond donors (Lipinski definition) is 2. The molecule has 4 nitrogen and oxygen atoms in total. The van der Waals surface area contributed by atoms with Gasteiger partial charge in [0.2, 0.25) is 5.91 Å². The fourth-order valence-corrected chi connectivity index (χ4v) is 4.09. The van der Waals surface area contributed by atoms with Crippen molar-refractivity contribution in [3.8, 4) is 0 Å². The predicted molar refractivity (Wildman–Crippen MR) is 112 cm³/mol. The van der Waals surface area contributed by atoms with Crippen molar-refractivity contribution in [1.82, 2.24) is 10.6 Å². The van der Waals surface area contributed by atoms with Gasteiger partial charge in [0.15, 0.2) is 0 Å². The van der Waals surface area contributed by atoms with Gasteiger partial charge in [-0.15, -0.1) is 0 Å². The maximum absolute atomic E-state index is 12.4. The van der Waals surface area contributed by atoms with E-state index in [0.29, 0.717) is 31.5 Å². The first kappa shape index (κ1) is 20.1. The standard InChI is InChI=1S/C24H30N2O2/c27-22(15-10-18-25-23(28)20-11-4-1-5-12-20)26-19-24(16-8-3-9-17-24)21-13-6-2-7-14-21/h1-2,4-7,11-14H,3,8-10,15-19H2,(H,25,28)(H,26,27). The number of carbonyl (C=O) groups is 2. The van der Waals surface area contributed by atoms with Crippen LogP contribution in [0.2, 0.25) is 0 Å². The molecule has 0 radical (unpaired) electrons. The second kappa shape index (κ2) is 10.1. The van der Waals surface area contributed by atoms with E-state index in [1.165, 1.54) is 24.8 Å². The Balaban J connectivity index is 1.43. The summed E-state index contributed by atoms with van der Waals surface area (Å²) in [7, 11) is 0. The molecule has 4 heteroatoms. The van der Waals surface area contributed by atoms with Crippen LogP contribution in [0.3, 0.4) is 0 Å². The van der Waals surface area contributed by atoms with E-state index in [1.54, 1.807) is 12.1 Å². The maximum Gasteiger partial charge on any atom is 0.251 e. The topological polar surface area (TPSA) is 58.2 Å². The molecular formula is C24H30N2O2. The molecule has 1 fully saturated rings. The minimum atomic E-state index is -0.0914. The van der Waals surface area contributed by atoms with Crippen LogP contribution in [0.15, 0.2) is 60.7 Å². The summed E-state index contributed by atoms with van der Waals surface area (Å²) >= 11 is 0. The van der Waals surface area contributed by atoms with Gasteiger partial charge in [0.1, 0.15) is 0 Å². The average molecular weight is 379 g/mol. The largest absolute Gasteiger partial charge is 0.355 e. The number of hydrogen-bond acceptors (Lipinski definition) is 2. The van der Waals surface area contributed by atoms with Gasteiger partial charge in [0.25, 0.3) is 5.91 Å². The summed E-state index contributed by atoms with van der Waals surface area (Å²) in [4.78, 5) is 24.4. The molecule has 0 aliphatic heterocycles. The second-order valence-electron chi connectivity index (χ2n) is 7.71. The van der Waals surface area contributed by atoms with Crippen LogP contribution in [0, 0.1) is 0 Å². The van der Waals surface area contributed by atoms with Crippen LogP contribution in [0.5, 0.6) is 0 Å². The molecule has 3 rings (SSSR count). The summed E-state index contributed by atoms with van der Waals surface area (Å²) in [5, 5.41) is 6.03. The van der Waals surface area contributed by atoms with Gasteiger partial charge < -0.3 is 10.6 Å². The molecule has 0 heterocycles. The van der Waals surface area contributed by atoms with Crippen molar-refractivity contribution in [2.45, 2.75) is 50.4 Å². The lowest BCUT2D eigenvalue weighted by Gasteiger charge is -2.38. The zero-order chi connectivity index (χ0) is 19.7. The van der Waals surface area contributed by atoms with Gasteiger partial charge >= 0.3 is 0 Å². The summed E-state index contributed by atoms with van der Waals surface area (Å²) in [6.45, 7) is 1.21. The van der Waals surface area contributed by atoms with Crippen molar-refractivity contribution < 1.29 is 9.59 Å². The zero-order valence-electron chi connectivity index (χ0n) is 16.5. The Morgan fingerprint density at radius 2 is 1.46 bits per heavy atom. The number of carbonyl (C=O) groups excluding carboxylic acids is 2. The molecule has 0 atom stereocenters.